The minimum atomic E-state index is -0.962. The van der Waals surface area contributed by atoms with Gasteiger partial charge in [-0.25, -0.2) is 4.98 Å². The van der Waals surface area contributed by atoms with Crippen LogP contribution in [0.3, 0.4) is 0 Å². The first kappa shape index (κ1) is 18.3. The van der Waals surface area contributed by atoms with Gasteiger partial charge in [0.05, 0.1) is 11.8 Å². The van der Waals surface area contributed by atoms with Gasteiger partial charge < -0.3 is 0 Å². The number of hydrogen-bond acceptors (Lipinski definition) is 5. The fraction of sp³-hybridized carbons (Fsp3) is 0.263. The number of nitriles is 1. The van der Waals surface area contributed by atoms with Crippen molar-refractivity contribution >= 4 is 28.7 Å². The second-order valence-electron chi connectivity index (χ2n) is 6.38. The molecule has 5 nitrogen and oxygen atoms in total. The van der Waals surface area contributed by atoms with Crippen LogP contribution in [0.1, 0.15) is 41.0 Å². The van der Waals surface area contributed by atoms with E-state index >= 15 is 0 Å². The van der Waals surface area contributed by atoms with Crippen LogP contribution in [0, 0.1) is 17.2 Å². The van der Waals surface area contributed by atoms with Gasteiger partial charge in [-0.2, -0.15) is 10.4 Å². The minimum absolute atomic E-state index is 0.274. The third-order valence-corrected chi connectivity index (χ3v) is 4.97. The number of H-pyrrole nitrogens is 1. The number of carbonyl (C=O) groups is 1. The van der Waals surface area contributed by atoms with E-state index in [1.54, 1.807) is 18.2 Å². The van der Waals surface area contributed by atoms with Crippen molar-refractivity contribution in [1.82, 2.24) is 15.2 Å². The maximum absolute atomic E-state index is 12.7. The number of thiazole rings is 1. The summed E-state index contributed by atoms with van der Waals surface area (Å²) in [5.41, 5.74) is 2.77. The zero-order chi connectivity index (χ0) is 18.7. The van der Waals surface area contributed by atoms with Gasteiger partial charge in [0.25, 0.3) is 0 Å². The van der Waals surface area contributed by atoms with Crippen molar-refractivity contribution in [3.8, 4) is 17.3 Å². The number of hydrogen-bond donors (Lipinski definition) is 1. The number of Topliss-reactive ketones (excluding diaryl/α,β-unsaturated/α-hetero) is 1. The summed E-state index contributed by atoms with van der Waals surface area (Å²) in [6, 6.07) is 11.1. The van der Waals surface area contributed by atoms with Crippen LogP contribution in [-0.4, -0.2) is 21.0 Å². The monoisotopic (exact) mass is 384 g/mol. The Kier molecular flexibility index (Phi) is 5.50. The lowest BCUT2D eigenvalue weighted by Gasteiger charge is -2.02. The molecular weight excluding hydrogens is 368 g/mol. The molecule has 1 atom stereocenters. The molecule has 1 aromatic carbocycles. The highest BCUT2D eigenvalue weighted by atomic mass is 35.5. The molecule has 0 fully saturated rings. The molecule has 2 aromatic heterocycles. The van der Waals surface area contributed by atoms with E-state index < -0.39 is 5.92 Å². The van der Waals surface area contributed by atoms with Gasteiger partial charge in [0.15, 0.2) is 5.92 Å². The minimum Gasteiger partial charge on any atom is -0.290 e. The van der Waals surface area contributed by atoms with E-state index in [1.807, 2.05) is 17.5 Å². The molecule has 2 heterocycles. The third-order valence-electron chi connectivity index (χ3n) is 3.81. The van der Waals surface area contributed by atoms with Crippen LogP contribution in [0.25, 0.3) is 11.3 Å². The summed E-state index contributed by atoms with van der Waals surface area (Å²) in [4.78, 5) is 17.2. The number of ketones is 1. The van der Waals surface area contributed by atoms with Gasteiger partial charge >= 0.3 is 0 Å². The maximum Gasteiger partial charge on any atom is 0.207 e. The zero-order valence-corrected chi connectivity index (χ0v) is 15.9. The van der Waals surface area contributed by atoms with Crippen molar-refractivity contribution in [2.75, 3.05) is 0 Å². The van der Waals surface area contributed by atoms with Crippen molar-refractivity contribution in [3.63, 3.8) is 0 Å². The van der Waals surface area contributed by atoms with E-state index in [1.165, 1.54) is 11.3 Å². The molecule has 0 aliphatic rings. The summed E-state index contributed by atoms with van der Waals surface area (Å²) in [5, 5.41) is 19.4. The van der Waals surface area contributed by atoms with Gasteiger partial charge in [-0.1, -0.05) is 37.6 Å². The standard InChI is InChI=1S/C19H17ClN4OS/c1-11(2)7-14-8-16(24-23-14)18(25)15(9-21)19-22-17(10-26-19)12-3-5-13(20)6-4-12/h3-6,8,10-11,15H,7H2,1-2H3,(H,23,24). The van der Waals surface area contributed by atoms with Crippen LogP contribution >= 0.6 is 22.9 Å². The average molecular weight is 385 g/mol. The van der Waals surface area contributed by atoms with Crippen molar-refractivity contribution in [3.05, 3.63) is 57.1 Å². The predicted molar refractivity (Wildman–Crippen MR) is 102 cm³/mol. The molecule has 26 heavy (non-hydrogen) atoms. The van der Waals surface area contributed by atoms with Gasteiger partial charge in [0, 0.05) is 21.7 Å². The van der Waals surface area contributed by atoms with E-state index in [0.29, 0.717) is 15.9 Å². The van der Waals surface area contributed by atoms with Crippen molar-refractivity contribution in [1.29, 1.82) is 5.26 Å². The molecule has 0 saturated heterocycles. The molecule has 3 aromatic rings. The van der Waals surface area contributed by atoms with Crippen LogP contribution < -0.4 is 0 Å². The first-order valence-electron chi connectivity index (χ1n) is 8.17. The van der Waals surface area contributed by atoms with Crippen LogP contribution in [0.4, 0.5) is 0 Å². The highest BCUT2D eigenvalue weighted by Gasteiger charge is 2.27. The zero-order valence-electron chi connectivity index (χ0n) is 14.4. The molecule has 3 rings (SSSR count). The van der Waals surface area contributed by atoms with E-state index in [-0.39, 0.29) is 11.5 Å². The Morgan fingerprint density at radius 1 is 1.35 bits per heavy atom. The molecule has 7 heteroatoms. The first-order chi connectivity index (χ1) is 12.5. The van der Waals surface area contributed by atoms with Crippen LogP contribution in [0.5, 0.6) is 0 Å². The molecule has 0 spiro atoms. The van der Waals surface area contributed by atoms with Crippen molar-refractivity contribution in [2.24, 2.45) is 5.92 Å². The smallest absolute Gasteiger partial charge is 0.207 e. The normalized spacial score (nSPS) is 12.1. The second kappa shape index (κ2) is 7.81. The Morgan fingerprint density at radius 2 is 2.08 bits per heavy atom. The number of aromatic nitrogens is 3. The molecule has 0 radical (unpaired) electrons. The number of rotatable bonds is 6. The maximum atomic E-state index is 12.7. The summed E-state index contributed by atoms with van der Waals surface area (Å²) in [6.07, 6.45) is 0.801. The quantitative estimate of drug-likeness (QED) is 0.614. The van der Waals surface area contributed by atoms with Crippen molar-refractivity contribution in [2.45, 2.75) is 26.2 Å². The summed E-state index contributed by atoms with van der Waals surface area (Å²) in [5.74, 6) is -0.849. The molecular formula is C19H17ClN4OS. The van der Waals surface area contributed by atoms with E-state index in [2.05, 4.69) is 35.1 Å². The molecule has 1 N–H and O–H groups in total. The lowest BCUT2D eigenvalue weighted by Crippen LogP contribution is -2.11. The number of benzene rings is 1. The lowest BCUT2D eigenvalue weighted by atomic mass is 10.0. The van der Waals surface area contributed by atoms with Gasteiger partial charge in [0.2, 0.25) is 5.78 Å². The number of aromatic amines is 1. The number of carbonyl (C=O) groups excluding carboxylic acids is 1. The fourth-order valence-corrected chi connectivity index (χ4v) is 3.57. The highest BCUT2D eigenvalue weighted by molar-refractivity contribution is 7.10. The summed E-state index contributed by atoms with van der Waals surface area (Å²) >= 11 is 7.20. The Morgan fingerprint density at radius 3 is 2.73 bits per heavy atom. The average Bonchev–Trinajstić information content (AvgIpc) is 3.25. The molecule has 0 bridgehead atoms. The Labute approximate surface area is 160 Å². The van der Waals surface area contributed by atoms with Gasteiger partial charge in [-0.3, -0.25) is 9.89 Å². The van der Waals surface area contributed by atoms with E-state index in [0.717, 1.165) is 23.4 Å². The van der Waals surface area contributed by atoms with Gasteiger partial charge in [-0.05, 0) is 30.5 Å². The molecule has 0 aliphatic heterocycles. The van der Waals surface area contributed by atoms with Crippen LogP contribution in [-0.2, 0) is 6.42 Å². The number of nitrogens with one attached hydrogen (secondary N) is 1. The first-order valence-corrected chi connectivity index (χ1v) is 9.43. The lowest BCUT2D eigenvalue weighted by molar-refractivity contribution is 0.0974. The molecule has 1 unspecified atom stereocenters. The largest absolute Gasteiger partial charge is 0.290 e. The Balaban J connectivity index is 1.83. The highest BCUT2D eigenvalue weighted by Crippen LogP contribution is 2.29. The summed E-state index contributed by atoms with van der Waals surface area (Å²) in [6.45, 7) is 4.18. The Hall–Kier alpha value is -2.49. The van der Waals surface area contributed by atoms with Gasteiger partial charge in [-0.15, -0.1) is 11.3 Å². The fourth-order valence-electron chi connectivity index (χ4n) is 2.58. The van der Waals surface area contributed by atoms with Crippen LogP contribution in [0.15, 0.2) is 35.7 Å². The van der Waals surface area contributed by atoms with Crippen molar-refractivity contribution < 1.29 is 4.79 Å². The second-order valence-corrected chi connectivity index (χ2v) is 7.71. The predicted octanol–water partition coefficient (Wildman–Crippen LogP) is 4.88. The molecule has 0 amide bonds. The van der Waals surface area contributed by atoms with Gasteiger partial charge in [0.1, 0.15) is 10.7 Å². The summed E-state index contributed by atoms with van der Waals surface area (Å²) < 4.78 is 0. The number of halogens is 1. The SMILES string of the molecule is CC(C)Cc1cc(C(=O)C(C#N)c2nc(-c3ccc(Cl)cc3)cs2)n[nH]1. The summed E-state index contributed by atoms with van der Waals surface area (Å²) in [7, 11) is 0. The third kappa shape index (κ3) is 4.01. The number of nitrogens with zero attached hydrogens (tertiary/aromatic N) is 3. The van der Waals surface area contributed by atoms with E-state index in [4.69, 9.17) is 11.6 Å². The Bertz CT molecular complexity index is 953. The molecule has 132 valence electrons. The van der Waals surface area contributed by atoms with Crippen LogP contribution in [0.2, 0.25) is 5.02 Å². The molecule has 0 saturated carbocycles. The van der Waals surface area contributed by atoms with E-state index in [9.17, 15) is 10.1 Å². The topological polar surface area (TPSA) is 82.4 Å². The molecule has 0 aliphatic carbocycles.